The van der Waals surface area contributed by atoms with Crippen molar-refractivity contribution in [1.29, 1.82) is 5.26 Å². The quantitative estimate of drug-likeness (QED) is 0.514. The second-order valence-electron chi connectivity index (χ2n) is 6.03. The minimum Gasteiger partial charge on any atom is -0.365 e. The van der Waals surface area contributed by atoms with Crippen molar-refractivity contribution in [2.45, 2.75) is 11.7 Å². The molecular weight excluding hydrogens is 456 g/mol. The van der Waals surface area contributed by atoms with Gasteiger partial charge >= 0.3 is 0 Å². The van der Waals surface area contributed by atoms with E-state index in [1.807, 2.05) is 0 Å². The number of anilines is 2. The summed E-state index contributed by atoms with van der Waals surface area (Å²) in [5.41, 5.74) is 6.09. The fraction of sp³-hybridized carbons (Fsp3) is 0.100. The molecule has 7 nitrogen and oxygen atoms in total. The number of amides is 3. The van der Waals surface area contributed by atoms with Crippen LogP contribution in [-0.4, -0.2) is 23.0 Å². The number of nitriles is 1. The Bertz CT molecular complexity index is 1030. The third kappa shape index (κ3) is 4.67. The summed E-state index contributed by atoms with van der Waals surface area (Å²) in [4.78, 5) is 38.4. The number of benzene rings is 2. The van der Waals surface area contributed by atoms with Gasteiger partial charge in [-0.2, -0.15) is 5.26 Å². The van der Waals surface area contributed by atoms with Gasteiger partial charge in [0, 0.05) is 22.3 Å². The smallest absolute Gasteiger partial charge is 0.262 e. The molecule has 0 radical (unpaired) electrons. The van der Waals surface area contributed by atoms with E-state index in [-0.39, 0.29) is 22.9 Å². The minimum atomic E-state index is -0.927. The first-order valence-corrected chi connectivity index (χ1v) is 10.1. The van der Waals surface area contributed by atoms with Crippen LogP contribution in [0.4, 0.5) is 11.4 Å². The number of carbonyl (C=O) groups excluding carboxylic acids is 3. The molecular formula is C20H15BrN4O3S. The van der Waals surface area contributed by atoms with E-state index in [1.54, 1.807) is 60.7 Å². The van der Waals surface area contributed by atoms with Crippen LogP contribution in [-0.2, 0) is 14.4 Å². The molecule has 0 aliphatic carbocycles. The molecule has 3 amide bonds. The van der Waals surface area contributed by atoms with Crippen LogP contribution in [0.5, 0.6) is 0 Å². The topological polar surface area (TPSA) is 116 Å². The second-order valence-corrected chi connectivity index (χ2v) is 8.14. The molecule has 146 valence electrons. The van der Waals surface area contributed by atoms with Gasteiger partial charge in [-0.1, -0.05) is 45.9 Å². The van der Waals surface area contributed by atoms with E-state index in [9.17, 15) is 19.6 Å². The number of hydrogen-bond acceptors (Lipinski definition) is 5. The van der Waals surface area contributed by atoms with E-state index in [0.29, 0.717) is 11.4 Å². The molecule has 3 rings (SSSR count). The highest BCUT2D eigenvalue weighted by Gasteiger charge is 2.41. The van der Waals surface area contributed by atoms with E-state index in [1.165, 1.54) is 4.90 Å². The van der Waals surface area contributed by atoms with Crippen LogP contribution in [0.15, 0.2) is 69.7 Å². The van der Waals surface area contributed by atoms with Crippen molar-refractivity contribution in [1.82, 2.24) is 0 Å². The van der Waals surface area contributed by atoms with Crippen molar-refractivity contribution in [2.24, 2.45) is 5.73 Å². The third-order valence-electron chi connectivity index (χ3n) is 4.04. The molecule has 1 heterocycles. The molecule has 1 saturated heterocycles. The van der Waals surface area contributed by atoms with Crippen molar-refractivity contribution in [2.75, 3.05) is 10.2 Å². The number of halogens is 1. The molecule has 0 spiro atoms. The van der Waals surface area contributed by atoms with Crippen LogP contribution < -0.4 is 16.0 Å². The lowest BCUT2D eigenvalue weighted by molar-refractivity contribution is -0.121. The lowest BCUT2D eigenvalue weighted by Crippen LogP contribution is -2.32. The highest BCUT2D eigenvalue weighted by molar-refractivity contribution is 9.10. The summed E-state index contributed by atoms with van der Waals surface area (Å²) in [6.45, 7) is 0. The van der Waals surface area contributed by atoms with Gasteiger partial charge in [0.1, 0.15) is 16.7 Å². The predicted molar refractivity (Wildman–Crippen MR) is 115 cm³/mol. The molecule has 1 unspecified atom stereocenters. The third-order valence-corrected chi connectivity index (χ3v) is 5.83. The summed E-state index contributed by atoms with van der Waals surface area (Å²) in [6, 6.07) is 17.4. The van der Waals surface area contributed by atoms with Crippen LogP contribution in [0.3, 0.4) is 0 Å². The summed E-state index contributed by atoms with van der Waals surface area (Å²) < 4.78 is 0.876. The number of thioether (sulfide) groups is 1. The number of primary amides is 1. The maximum Gasteiger partial charge on any atom is 0.262 e. The van der Waals surface area contributed by atoms with Crippen molar-refractivity contribution >= 4 is 56.8 Å². The van der Waals surface area contributed by atoms with Crippen LogP contribution >= 0.6 is 27.7 Å². The lowest BCUT2D eigenvalue weighted by atomic mass is 10.2. The largest absolute Gasteiger partial charge is 0.365 e. The Labute approximate surface area is 179 Å². The van der Waals surface area contributed by atoms with Gasteiger partial charge in [-0.05, 0) is 36.4 Å². The van der Waals surface area contributed by atoms with Gasteiger partial charge in [-0.3, -0.25) is 19.3 Å². The van der Waals surface area contributed by atoms with Gasteiger partial charge in [0.15, 0.2) is 0 Å². The van der Waals surface area contributed by atoms with E-state index in [2.05, 4.69) is 21.2 Å². The number of hydrogen-bond donors (Lipinski definition) is 2. The van der Waals surface area contributed by atoms with E-state index < -0.39 is 17.1 Å². The Hall–Kier alpha value is -3.09. The van der Waals surface area contributed by atoms with Crippen LogP contribution in [0.1, 0.15) is 6.42 Å². The molecule has 1 fully saturated rings. The average molecular weight is 471 g/mol. The highest BCUT2D eigenvalue weighted by atomic mass is 79.9. The van der Waals surface area contributed by atoms with Crippen LogP contribution in [0.25, 0.3) is 0 Å². The Kier molecular flexibility index (Phi) is 6.36. The summed E-state index contributed by atoms with van der Waals surface area (Å²) in [5.74, 6) is -1.68. The standard InChI is InChI=1S/C20H15BrN4O3S/c21-12-6-8-13(9-7-12)24-17(26)10-16-19(28)25(14-4-2-1-3-5-14)20(29-16)15(11-22)18(23)27/h1-9,16H,10H2,(H2,23,27)(H,24,26). The zero-order valence-electron chi connectivity index (χ0n) is 15.0. The Balaban J connectivity index is 1.86. The van der Waals surface area contributed by atoms with Crippen molar-refractivity contribution in [3.63, 3.8) is 0 Å². The summed E-state index contributed by atoms with van der Waals surface area (Å²) in [6.07, 6.45) is -0.121. The van der Waals surface area contributed by atoms with Crippen molar-refractivity contribution < 1.29 is 14.4 Å². The monoisotopic (exact) mass is 470 g/mol. The van der Waals surface area contributed by atoms with Crippen molar-refractivity contribution in [3.8, 4) is 6.07 Å². The number of carbonyl (C=O) groups is 3. The van der Waals surface area contributed by atoms with Gasteiger partial charge in [0.05, 0.1) is 5.25 Å². The maximum atomic E-state index is 13.0. The number of nitrogens with one attached hydrogen (secondary N) is 1. The fourth-order valence-electron chi connectivity index (χ4n) is 2.73. The number of nitrogens with two attached hydrogens (primary N) is 1. The molecule has 1 atom stereocenters. The van der Waals surface area contributed by atoms with Crippen molar-refractivity contribution in [3.05, 3.63) is 69.7 Å². The van der Waals surface area contributed by atoms with Gasteiger partial charge in [0.25, 0.3) is 5.91 Å². The molecule has 29 heavy (non-hydrogen) atoms. The first kappa shape index (κ1) is 20.6. The molecule has 0 aromatic heterocycles. The Morgan fingerprint density at radius 3 is 2.41 bits per heavy atom. The average Bonchev–Trinajstić information content (AvgIpc) is 3.00. The number of para-hydroxylation sites is 1. The number of nitrogens with zero attached hydrogens (tertiary/aromatic N) is 2. The SMILES string of the molecule is N#CC(C(N)=O)=C1SC(CC(=O)Nc2ccc(Br)cc2)C(=O)N1c1ccccc1. The zero-order valence-corrected chi connectivity index (χ0v) is 17.4. The maximum absolute atomic E-state index is 13.0. The first-order chi connectivity index (χ1) is 13.9. The van der Waals surface area contributed by atoms with E-state index in [0.717, 1.165) is 16.2 Å². The van der Waals surface area contributed by atoms with Gasteiger partial charge < -0.3 is 11.1 Å². The molecule has 2 aromatic rings. The Morgan fingerprint density at radius 1 is 1.17 bits per heavy atom. The molecule has 0 saturated carbocycles. The molecule has 3 N–H and O–H groups in total. The summed E-state index contributed by atoms with van der Waals surface area (Å²) >= 11 is 4.31. The summed E-state index contributed by atoms with van der Waals surface area (Å²) in [7, 11) is 0. The van der Waals surface area contributed by atoms with Crippen LogP contribution in [0.2, 0.25) is 0 Å². The molecule has 2 aromatic carbocycles. The lowest BCUT2D eigenvalue weighted by Gasteiger charge is -2.18. The first-order valence-electron chi connectivity index (χ1n) is 8.46. The van der Waals surface area contributed by atoms with E-state index >= 15 is 0 Å². The second kappa shape index (κ2) is 8.94. The summed E-state index contributed by atoms with van der Waals surface area (Å²) in [5, 5.41) is 11.4. The zero-order chi connectivity index (χ0) is 21.0. The molecule has 1 aliphatic heterocycles. The molecule has 9 heteroatoms. The minimum absolute atomic E-state index is 0.121. The highest BCUT2D eigenvalue weighted by Crippen LogP contribution is 2.41. The Morgan fingerprint density at radius 2 is 1.83 bits per heavy atom. The van der Waals surface area contributed by atoms with Gasteiger partial charge in [-0.15, -0.1) is 0 Å². The van der Waals surface area contributed by atoms with Crippen LogP contribution in [0, 0.1) is 11.3 Å². The van der Waals surface area contributed by atoms with Gasteiger partial charge in [-0.25, -0.2) is 0 Å². The molecule has 1 aliphatic rings. The van der Waals surface area contributed by atoms with E-state index in [4.69, 9.17) is 5.73 Å². The normalized spacial score (nSPS) is 17.6. The fourth-order valence-corrected chi connectivity index (χ4v) is 4.26. The predicted octanol–water partition coefficient (Wildman–Crippen LogP) is 3.15. The van der Waals surface area contributed by atoms with Gasteiger partial charge in [0.2, 0.25) is 11.8 Å². The molecule has 0 bridgehead atoms. The number of rotatable bonds is 5.